The fraction of sp³-hybridized carbons (Fsp3) is 0.500. The summed E-state index contributed by atoms with van der Waals surface area (Å²) in [6.07, 6.45) is 0.974. The van der Waals surface area contributed by atoms with Crippen LogP contribution in [0.2, 0.25) is 0 Å². The summed E-state index contributed by atoms with van der Waals surface area (Å²) in [5.74, 6) is -1.08. The summed E-state index contributed by atoms with van der Waals surface area (Å²) < 4.78 is 13.7. The van der Waals surface area contributed by atoms with Crippen molar-refractivity contribution < 1.29 is 19.1 Å². The van der Waals surface area contributed by atoms with E-state index in [-0.39, 0.29) is 23.8 Å². The smallest absolute Gasteiger partial charge is 0.307 e. The van der Waals surface area contributed by atoms with Gasteiger partial charge < -0.3 is 10.4 Å². The fourth-order valence-electron chi connectivity index (χ4n) is 2.35. The van der Waals surface area contributed by atoms with Crippen LogP contribution >= 0.6 is 0 Å². The Labute approximate surface area is 124 Å². The molecule has 0 radical (unpaired) electrons. The van der Waals surface area contributed by atoms with E-state index in [0.717, 1.165) is 12.5 Å². The van der Waals surface area contributed by atoms with E-state index in [2.05, 4.69) is 19.2 Å². The van der Waals surface area contributed by atoms with E-state index < -0.39 is 11.8 Å². The van der Waals surface area contributed by atoms with Gasteiger partial charge in [-0.2, -0.15) is 0 Å². The second kappa shape index (κ2) is 7.76. The maximum atomic E-state index is 13.7. The Balaban J connectivity index is 2.60. The topological polar surface area (TPSA) is 66.4 Å². The molecule has 1 rings (SSSR count). The van der Waals surface area contributed by atoms with Crippen LogP contribution in [0.4, 0.5) is 10.1 Å². The molecular formula is C16H22FNO3. The van der Waals surface area contributed by atoms with E-state index in [9.17, 15) is 14.0 Å². The number of aliphatic carboxylic acids is 1. The lowest BCUT2D eigenvalue weighted by Gasteiger charge is -2.14. The maximum Gasteiger partial charge on any atom is 0.307 e. The summed E-state index contributed by atoms with van der Waals surface area (Å²) >= 11 is 0. The molecule has 0 saturated carbocycles. The van der Waals surface area contributed by atoms with Crippen molar-refractivity contribution in [1.82, 2.24) is 0 Å². The summed E-state index contributed by atoms with van der Waals surface area (Å²) in [6.45, 7) is 6.21. The van der Waals surface area contributed by atoms with Crippen LogP contribution < -0.4 is 5.32 Å². The van der Waals surface area contributed by atoms with Crippen LogP contribution in [0, 0.1) is 17.7 Å². The van der Waals surface area contributed by atoms with E-state index >= 15 is 0 Å². The lowest BCUT2D eigenvalue weighted by molar-refractivity contribution is -0.136. The third-order valence-corrected chi connectivity index (χ3v) is 3.09. The van der Waals surface area contributed by atoms with E-state index in [0.29, 0.717) is 18.0 Å². The molecule has 1 aromatic rings. The first-order valence-electron chi connectivity index (χ1n) is 7.08. The molecule has 0 aliphatic carbocycles. The predicted octanol–water partition coefficient (Wildman–Crippen LogP) is 3.46. The third kappa shape index (κ3) is 6.38. The molecule has 0 aromatic heterocycles. The van der Waals surface area contributed by atoms with Crippen molar-refractivity contribution in [2.24, 2.45) is 11.8 Å². The number of carboxylic acid groups (broad SMARTS) is 1. The highest BCUT2D eigenvalue weighted by Gasteiger charge is 2.12. The van der Waals surface area contributed by atoms with Crippen molar-refractivity contribution in [2.75, 3.05) is 5.32 Å². The molecule has 4 nitrogen and oxygen atoms in total. The van der Waals surface area contributed by atoms with Crippen LogP contribution in [-0.4, -0.2) is 17.0 Å². The zero-order valence-electron chi connectivity index (χ0n) is 12.6. The maximum absolute atomic E-state index is 13.7. The summed E-state index contributed by atoms with van der Waals surface area (Å²) in [5.41, 5.74) is 0.456. The lowest BCUT2D eigenvalue weighted by atomic mass is 9.96. The third-order valence-electron chi connectivity index (χ3n) is 3.09. The molecule has 0 bridgehead atoms. The van der Waals surface area contributed by atoms with Crippen molar-refractivity contribution >= 4 is 17.6 Å². The largest absolute Gasteiger partial charge is 0.481 e. The Kier molecular flexibility index (Phi) is 6.34. The number of rotatable bonds is 7. The molecule has 116 valence electrons. The van der Waals surface area contributed by atoms with Crippen molar-refractivity contribution in [3.8, 4) is 0 Å². The molecule has 1 unspecified atom stereocenters. The normalized spacial score (nSPS) is 12.2. The van der Waals surface area contributed by atoms with Crippen LogP contribution in [0.15, 0.2) is 18.2 Å². The van der Waals surface area contributed by atoms with E-state index in [4.69, 9.17) is 5.11 Å². The minimum absolute atomic E-state index is 0.105. The molecule has 1 atom stereocenters. The Morgan fingerprint density at radius 2 is 1.95 bits per heavy atom. The number of anilines is 1. The van der Waals surface area contributed by atoms with Crippen LogP contribution in [0.25, 0.3) is 0 Å². The van der Waals surface area contributed by atoms with Crippen LogP contribution in [0.5, 0.6) is 0 Å². The highest BCUT2D eigenvalue weighted by molar-refractivity contribution is 5.90. The lowest BCUT2D eigenvalue weighted by Crippen LogP contribution is -2.16. The average molecular weight is 295 g/mol. The second-order valence-corrected chi connectivity index (χ2v) is 5.86. The number of carboxylic acids is 1. The standard InChI is InChI=1S/C16H22FNO3/c1-10(2)6-11(3)7-15(19)18-13-5-4-12(8-16(20)21)14(17)9-13/h4-5,9-11H,6-8H2,1-3H3,(H,18,19)(H,20,21). The highest BCUT2D eigenvalue weighted by Crippen LogP contribution is 2.18. The first-order valence-corrected chi connectivity index (χ1v) is 7.08. The number of hydrogen-bond acceptors (Lipinski definition) is 2. The summed E-state index contributed by atoms with van der Waals surface area (Å²) in [6, 6.07) is 4.06. The summed E-state index contributed by atoms with van der Waals surface area (Å²) in [4.78, 5) is 22.4. The van der Waals surface area contributed by atoms with Gasteiger partial charge >= 0.3 is 5.97 Å². The Bertz CT molecular complexity index is 514. The van der Waals surface area contributed by atoms with Crippen molar-refractivity contribution in [3.05, 3.63) is 29.6 Å². The molecule has 0 heterocycles. The van der Waals surface area contributed by atoms with Gasteiger partial charge in [-0.3, -0.25) is 9.59 Å². The molecule has 0 aliphatic rings. The van der Waals surface area contributed by atoms with Gasteiger partial charge in [0.15, 0.2) is 0 Å². The van der Waals surface area contributed by atoms with Gasteiger partial charge in [-0.05, 0) is 36.0 Å². The highest BCUT2D eigenvalue weighted by atomic mass is 19.1. The summed E-state index contributed by atoms with van der Waals surface area (Å²) in [7, 11) is 0. The molecule has 0 saturated heterocycles. The Morgan fingerprint density at radius 1 is 1.29 bits per heavy atom. The van der Waals surface area contributed by atoms with Gasteiger partial charge in [0.05, 0.1) is 6.42 Å². The molecule has 0 spiro atoms. The number of halogens is 1. The average Bonchev–Trinajstić information content (AvgIpc) is 2.30. The number of nitrogens with one attached hydrogen (secondary N) is 1. The van der Waals surface area contributed by atoms with Crippen LogP contribution in [0.3, 0.4) is 0 Å². The van der Waals surface area contributed by atoms with Crippen molar-refractivity contribution in [2.45, 2.75) is 40.0 Å². The minimum atomic E-state index is -1.09. The van der Waals surface area contributed by atoms with Gasteiger partial charge in [0.25, 0.3) is 0 Å². The van der Waals surface area contributed by atoms with Gasteiger partial charge in [0.1, 0.15) is 5.82 Å². The first-order chi connectivity index (χ1) is 9.77. The number of carbonyl (C=O) groups is 2. The van der Waals surface area contributed by atoms with Gasteiger partial charge in [0, 0.05) is 12.1 Å². The second-order valence-electron chi connectivity index (χ2n) is 5.86. The molecule has 1 amide bonds. The van der Waals surface area contributed by atoms with Gasteiger partial charge in [0.2, 0.25) is 5.91 Å². The van der Waals surface area contributed by atoms with Gasteiger partial charge in [-0.1, -0.05) is 26.8 Å². The molecule has 1 aromatic carbocycles. The fourth-order valence-corrected chi connectivity index (χ4v) is 2.35. The van der Waals surface area contributed by atoms with Crippen LogP contribution in [0.1, 0.15) is 39.2 Å². The molecule has 2 N–H and O–H groups in total. The van der Waals surface area contributed by atoms with Gasteiger partial charge in [-0.15, -0.1) is 0 Å². The summed E-state index contributed by atoms with van der Waals surface area (Å²) in [5, 5.41) is 11.3. The molecule has 21 heavy (non-hydrogen) atoms. The van der Waals surface area contributed by atoms with E-state index in [1.165, 1.54) is 12.1 Å². The van der Waals surface area contributed by atoms with E-state index in [1.54, 1.807) is 0 Å². The predicted molar refractivity (Wildman–Crippen MR) is 79.6 cm³/mol. The number of hydrogen-bond donors (Lipinski definition) is 2. The first kappa shape index (κ1) is 17.1. The SMILES string of the molecule is CC(C)CC(C)CC(=O)Nc1ccc(CC(=O)O)c(F)c1. The number of amides is 1. The number of benzene rings is 1. The quantitative estimate of drug-likeness (QED) is 0.809. The van der Waals surface area contributed by atoms with Crippen LogP contribution in [-0.2, 0) is 16.0 Å². The Morgan fingerprint density at radius 3 is 2.48 bits per heavy atom. The van der Waals surface area contributed by atoms with E-state index in [1.807, 2.05) is 6.92 Å². The molecule has 0 fully saturated rings. The molecular weight excluding hydrogens is 273 g/mol. The molecule has 0 aliphatic heterocycles. The minimum Gasteiger partial charge on any atom is -0.481 e. The number of carbonyl (C=O) groups excluding carboxylic acids is 1. The zero-order valence-corrected chi connectivity index (χ0v) is 12.6. The monoisotopic (exact) mass is 295 g/mol. The van der Waals surface area contributed by atoms with Crippen molar-refractivity contribution in [1.29, 1.82) is 0 Å². The zero-order chi connectivity index (χ0) is 16.0. The van der Waals surface area contributed by atoms with Crippen molar-refractivity contribution in [3.63, 3.8) is 0 Å². The van der Waals surface area contributed by atoms with Gasteiger partial charge in [-0.25, -0.2) is 4.39 Å². The Hall–Kier alpha value is -1.91. The molecule has 5 heteroatoms.